The molecule has 0 bridgehead atoms. The highest BCUT2D eigenvalue weighted by Crippen LogP contribution is 2.22. The van der Waals surface area contributed by atoms with Crippen molar-refractivity contribution in [2.24, 2.45) is 0 Å². The number of benzene rings is 1. The van der Waals surface area contributed by atoms with Crippen LogP contribution in [0.25, 0.3) is 4.96 Å². The van der Waals surface area contributed by atoms with Gasteiger partial charge in [0.05, 0.1) is 11.9 Å². The number of carbonyl (C=O) groups is 1. The maximum Gasteiger partial charge on any atom is 0.276 e. The SMILES string of the molecule is Cc1nn2cc(C(=O)Nc3ccccc3Br)nc2s1. The normalized spacial score (nSPS) is 10.8. The third-order valence-electron chi connectivity index (χ3n) is 2.50. The molecule has 7 heteroatoms. The molecule has 0 atom stereocenters. The van der Waals surface area contributed by atoms with Crippen LogP contribution in [0, 0.1) is 6.92 Å². The summed E-state index contributed by atoms with van der Waals surface area (Å²) in [6.07, 6.45) is 1.63. The molecule has 3 aromatic rings. The minimum Gasteiger partial charge on any atom is -0.320 e. The molecule has 0 radical (unpaired) electrons. The number of fused-ring (bicyclic) bond motifs is 1. The van der Waals surface area contributed by atoms with Crippen LogP contribution < -0.4 is 5.32 Å². The highest BCUT2D eigenvalue weighted by atomic mass is 79.9. The van der Waals surface area contributed by atoms with E-state index in [0.717, 1.165) is 14.4 Å². The zero-order chi connectivity index (χ0) is 13.4. The molecule has 19 heavy (non-hydrogen) atoms. The predicted molar refractivity (Wildman–Crippen MR) is 77.7 cm³/mol. The molecule has 1 amide bonds. The van der Waals surface area contributed by atoms with E-state index in [9.17, 15) is 4.79 Å². The number of rotatable bonds is 2. The van der Waals surface area contributed by atoms with E-state index in [4.69, 9.17) is 0 Å². The molecule has 0 aliphatic heterocycles. The van der Waals surface area contributed by atoms with Gasteiger partial charge in [-0.1, -0.05) is 23.5 Å². The third-order valence-corrected chi connectivity index (χ3v) is 4.03. The molecule has 5 nitrogen and oxygen atoms in total. The number of hydrogen-bond acceptors (Lipinski definition) is 4. The minimum absolute atomic E-state index is 0.248. The summed E-state index contributed by atoms with van der Waals surface area (Å²) in [6.45, 7) is 1.90. The van der Waals surface area contributed by atoms with Gasteiger partial charge in [0, 0.05) is 4.47 Å². The molecule has 0 aliphatic carbocycles. The van der Waals surface area contributed by atoms with Crippen LogP contribution in [-0.4, -0.2) is 20.5 Å². The maximum absolute atomic E-state index is 12.1. The first kappa shape index (κ1) is 12.3. The van der Waals surface area contributed by atoms with Gasteiger partial charge in [0.2, 0.25) is 4.96 Å². The lowest BCUT2D eigenvalue weighted by Gasteiger charge is -2.04. The summed E-state index contributed by atoms with van der Waals surface area (Å²) in [5.74, 6) is -0.248. The number of nitrogens with zero attached hydrogens (tertiary/aromatic N) is 3. The first-order chi connectivity index (χ1) is 9.13. The van der Waals surface area contributed by atoms with E-state index in [1.165, 1.54) is 11.3 Å². The minimum atomic E-state index is -0.248. The molecule has 0 aliphatic rings. The highest BCUT2D eigenvalue weighted by molar-refractivity contribution is 9.10. The van der Waals surface area contributed by atoms with Gasteiger partial charge in [-0.3, -0.25) is 4.79 Å². The molecular formula is C12H9BrN4OS. The largest absolute Gasteiger partial charge is 0.320 e. The number of para-hydroxylation sites is 1. The Morgan fingerprint density at radius 3 is 2.95 bits per heavy atom. The Labute approximate surface area is 121 Å². The Morgan fingerprint density at radius 1 is 1.42 bits per heavy atom. The van der Waals surface area contributed by atoms with Crippen molar-refractivity contribution >= 4 is 43.8 Å². The quantitative estimate of drug-likeness (QED) is 0.782. The number of imidazole rings is 1. The van der Waals surface area contributed by atoms with Crippen LogP contribution in [0.3, 0.4) is 0 Å². The first-order valence-corrected chi connectivity index (χ1v) is 7.13. The fourth-order valence-corrected chi connectivity index (χ4v) is 2.77. The van der Waals surface area contributed by atoms with E-state index in [0.29, 0.717) is 11.4 Å². The molecule has 1 N–H and O–H groups in total. The second kappa shape index (κ2) is 4.75. The second-order valence-electron chi connectivity index (χ2n) is 3.91. The Hall–Kier alpha value is -1.73. The van der Waals surface area contributed by atoms with E-state index < -0.39 is 0 Å². The summed E-state index contributed by atoms with van der Waals surface area (Å²) in [4.78, 5) is 17.1. The lowest BCUT2D eigenvalue weighted by Crippen LogP contribution is -2.12. The van der Waals surface area contributed by atoms with E-state index in [1.807, 2.05) is 31.2 Å². The van der Waals surface area contributed by atoms with Crippen molar-refractivity contribution in [1.82, 2.24) is 14.6 Å². The van der Waals surface area contributed by atoms with Gasteiger partial charge in [-0.05, 0) is 35.0 Å². The van der Waals surface area contributed by atoms with Gasteiger partial charge in [-0.25, -0.2) is 9.50 Å². The molecule has 3 rings (SSSR count). The molecule has 0 fully saturated rings. The number of hydrogen-bond donors (Lipinski definition) is 1. The van der Waals surface area contributed by atoms with Crippen molar-refractivity contribution in [2.75, 3.05) is 5.32 Å². The molecular weight excluding hydrogens is 328 g/mol. The Kier molecular flexibility index (Phi) is 3.08. The molecule has 0 saturated heterocycles. The maximum atomic E-state index is 12.1. The zero-order valence-electron chi connectivity index (χ0n) is 9.92. The average Bonchev–Trinajstić information content (AvgIpc) is 2.89. The zero-order valence-corrected chi connectivity index (χ0v) is 12.3. The predicted octanol–water partition coefficient (Wildman–Crippen LogP) is 3.11. The molecule has 1 aromatic carbocycles. The summed E-state index contributed by atoms with van der Waals surface area (Å²) in [7, 11) is 0. The topological polar surface area (TPSA) is 59.3 Å². The van der Waals surface area contributed by atoms with Crippen molar-refractivity contribution in [3.63, 3.8) is 0 Å². The fraction of sp³-hybridized carbons (Fsp3) is 0.0833. The van der Waals surface area contributed by atoms with Crippen molar-refractivity contribution in [3.05, 3.63) is 45.6 Å². The van der Waals surface area contributed by atoms with Gasteiger partial charge >= 0.3 is 0 Å². The van der Waals surface area contributed by atoms with Crippen molar-refractivity contribution in [3.8, 4) is 0 Å². The van der Waals surface area contributed by atoms with Gasteiger partial charge in [0.1, 0.15) is 10.7 Å². The van der Waals surface area contributed by atoms with Crippen molar-refractivity contribution in [2.45, 2.75) is 6.92 Å². The summed E-state index contributed by atoms with van der Waals surface area (Å²) < 4.78 is 2.45. The summed E-state index contributed by atoms with van der Waals surface area (Å²) in [6, 6.07) is 7.44. The molecule has 0 saturated carbocycles. The number of aromatic nitrogens is 3. The number of carbonyl (C=O) groups excluding carboxylic acids is 1. The Bertz CT molecular complexity index is 733. The number of aryl methyl sites for hydroxylation is 1. The highest BCUT2D eigenvalue weighted by Gasteiger charge is 2.14. The van der Waals surface area contributed by atoms with Crippen LogP contribution in [-0.2, 0) is 0 Å². The number of anilines is 1. The first-order valence-electron chi connectivity index (χ1n) is 5.52. The van der Waals surface area contributed by atoms with Gasteiger partial charge in [-0.2, -0.15) is 5.10 Å². The monoisotopic (exact) mass is 336 g/mol. The van der Waals surface area contributed by atoms with E-state index in [1.54, 1.807) is 10.7 Å². The Balaban J connectivity index is 1.87. The molecule has 2 aromatic heterocycles. The molecule has 0 spiro atoms. The van der Waals surface area contributed by atoms with Gasteiger partial charge in [-0.15, -0.1) is 0 Å². The smallest absolute Gasteiger partial charge is 0.276 e. The van der Waals surface area contributed by atoms with Gasteiger partial charge in [0.25, 0.3) is 5.91 Å². The lowest BCUT2D eigenvalue weighted by molar-refractivity contribution is 0.102. The fourth-order valence-electron chi connectivity index (χ4n) is 1.66. The molecule has 2 heterocycles. The summed E-state index contributed by atoms with van der Waals surface area (Å²) >= 11 is 4.83. The third kappa shape index (κ3) is 2.39. The number of amides is 1. The van der Waals surface area contributed by atoms with Crippen LogP contribution in [0.4, 0.5) is 5.69 Å². The van der Waals surface area contributed by atoms with Crippen LogP contribution in [0.5, 0.6) is 0 Å². The van der Waals surface area contributed by atoms with E-state index >= 15 is 0 Å². The van der Waals surface area contributed by atoms with Crippen molar-refractivity contribution in [1.29, 1.82) is 0 Å². The van der Waals surface area contributed by atoms with Gasteiger partial charge in [0.15, 0.2) is 0 Å². The second-order valence-corrected chi connectivity index (χ2v) is 5.92. The summed E-state index contributed by atoms with van der Waals surface area (Å²) in [5, 5.41) is 7.95. The van der Waals surface area contributed by atoms with Crippen LogP contribution in [0.1, 0.15) is 15.5 Å². The standard InChI is InChI=1S/C12H9BrN4OS/c1-7-16-17-6-10(15-12(17)19-7)11(18)14-9-5-3-2-4-8(9)13/h2-6H,1H3,(H,14,18). The number of halogens is 1. The average molecular weight is 337 g/mol. The van der Waals surface area contributed by atoms with E-state index in [-0.39, 0.29) is 5.91 Å². The van der Waals surface area contributed by atoms with Crippen molar-refractivity contribution < 1.29 is 4.79 Å². The van der Waals surface area contributed by atoms with Gasteiger partial charge < -0.3 is 5.32 Å². The van der Waals surface area contributed by atoms with Crippen LogP contribution >= 0.6 is 27.3 Å². The lowest BCUT2D eigenvalue weighted by atomic mass is 10.3. The molecule has 96 valence electrons. The Morgan fingerprint density at radius 2 is 2.21 bits per heavy atom. The number of nitrogens with one attached hydrogen (secondary N) is 1. The van der Waals surface area contributed by atoms with Crippen LogP contribution in [0.15, 0.2) is 34.9 Å². The van der Waals surface area contributed by atoms with Crippen LogP contribution in [0.2, 0.25) is 0 Å². The summed E-state index contributed by atoms with van der Waals surface area (Å²) in [5.41, 5.74) is 1.07. The van der Waals surface area contributed by atoms with E-state index in [2.05, 4.69) is 31.3 Å². The molecule has 0 unspecified atom stereocenters.